The monoisotopic (exact) mass is 206 g/mol. The summed E-state index contributed by atoms with van der Waals surface area (Å²) in [5.74, 6) is -1.60. The largest absolute Gasteiger partial charge is 0.454 e. The zero-order valence-corrected chi connectivity index (χ0v) is 8.56. The lowest BCUT2D eigenvalue weighted by Gasteiger charge is -2.11. The molecule has 0 N–H and O–H groups in total. The lowest BCUT2D eigenvalue weighted by atomic mass is 10.2. The number of carbonyl (C=O) groups excluding carboxylic acids is 3. The summed E-state index contributed by atoms with van der Waals surface area (Å²) in [5, 5.41) is 0. The molecule has 0 bridgehead atoms. The van der Waals surface area contributed by atoms with Crippen LogP contribution in [0.2, 0.25) is 0 Å². The topological polar surface area (TPSA) is 69.7 Å². The number of hydrogen-bond donors (Lipinski definition) is 0. The van der Waals surface area contributed by atoms with Gasteiger partial charge < -0.3 is 9.26 Å². The van der Waals surface area contributed by atoms with E-state index in [1.54, 1.807) is 9.47 Å². The van der Waals surface area contributed by atoms with Crippen LogP contribution in [0.15, 0.2) is 0 Å². The summed E-state index contributed by atoms with van der Waals surface area (Å²) in [5.41, 5.74) is 0. The van der Waals surface area contributed by atoms with E-state index in [0.717, 1.165) is 0 Å². The van der Waals surface area contributed by atoms with Crippen molar-refractivity contribution in [3.05, 3.63) is 0 Å². The van der Waals surface area contributed by atoms with Crippen LogP contribution in [-0.4, -0.2) is 23.8 Å². The highest BCUT2D eigenvalue weighted by Gasteiger charge is 2.21. The first-order valence-corrected chi connectivity index (χ1v) is 4.01. The van der Waals surface area contributed by atoms with Gasteiger partial charge in [-0.1, -0.05) is 0 Å². The number of esters is 1. The molecule has 0 rings (SSSR count). The van der Waals surface area contributed by atoms with Gasteiger partial charge in [-0.05, 0) is 6.92 Å². The van der Waals surface area contributed by atoms with Gasteiger partial charge >= 0.3 is 11.9 Å². The third-order valence-electron chi connectivity index (χ3n) is 1.25. The Morgan fingerprint density at radius 2 is 1.85 bits per heavy atom. The molecule has 0 fully saturated rings. The van der Waals surface area contributed by atoms with Crippen molar-refractivity contribution < 1.29 is 23.6 Å². The van der Waals surface area contributed by atoms with Gasteiger partial charge in [-0.15, -0.1) is 0 Å². The van der Waals surface area contributed by atoms with Gasteiger partial charge in [0.05, 0.1) is 15.9 Å². The fourth-order valence-electron chi connectivity index (χ4n) is 0.668. The van der Waals surface area contributed by atoms with Gasteiger partial charge in [-0.2, -0.15) is 0 Å². The van der Waals surface area contributed by atoms with E-state index in [4.69, 9.17) is 0 Å². The second kappa shape index (κ2) is 5.65. The van der Waals surface area contributed by atoms with Gasteiger partial charge in [0.1, 0.15) is 0 Å². The number of rotatable bonds is 4. The van der Waals surface area contributed by atoms with E-state index in [9.17, 15) is 14.4 Å². The lowest BCUT2D eigenvalue weighted by molar-refractivity contribution is -0.155. The molecule has 5 nitrogen and oxygen atoms in total. The third kappa shape index (κ3) is 5.31. The molecule has 0 aromatic carbocycles. The van der Waals surface area contributed by atoms with Crippen molar-refractivity contribution in [2.24, 2.45) is 0 Å². The van der Waals surface area contributed by atoms with E-state index in [1.807, 2.05) is 0 Å². The Morgan fingerprint density at radius 3 is 2.15 bits per heavy atom. The highest BCUT2D eigenvalue weighted by molar-refractivity contribution is 7.10. The minimum atomic E-state index is -1.04. The zero-order valence-electron chi connectivity index (χ0n) is 7.40. The molecule has 6 heteroatoms. The van der Waals surface area contributed by atoms with Crippen molar-refractivity contribution in [2.45, 2.75) is 26.4 Å². The van der Waals surface area contributed by atoms with E-state index in [-0.39, 0.29) is 12.2 Å². The van der Waals surface area contributed by atoms with Gasteiger partial charge in [-0.25, -0.2) is 0 Å². The van der Waals surface area contributed by atoms with E-state index in [1.165, 1.54) is 13.8 Å². The molecular formula is C7H11O5P. The molecule has 0 aromatic heterocycles. The zero-order chi connectivity index (χ0) is 10.4. The highest BCUT2D eigenvalue weighted by atomic mass is 31.0. The number of hydrogen-bond acceptors (Lipinski definition) is 5. The molecule has 1 unspecified atom stereocenters. The third-order valence-corrected chi connectivity index (χ3v) is 1.51. The average Bonchev–Trinajstić information content (AvgIpc) is 2.02. The number of Topliss-reactive ketones (excluding diaryl/α,β-unsaturated/α-hetero) is 1. The fourth-order valence-corrected chi connectivity index (χ4v) is 0.764. The first-order chi connectivity index (χ1) is 5.97. The summed E-state index contributed by atoms with van der Waals surface area (Å²) >= 11 is 0. The predicted molar refractivity (Wildman–Crippen MR) is 46.7 cm³/mol. The molecule has 74 valence electrons. The van der Waals surface area contributed by atoms with Crippen LogP contribution in [0.1, 0.15) is 20.3 Å². The molecule has 0 aliphatic heterocycles. The Balaban J connectivity index is 4.18. The number of ketones is 1. The SMILES string of the molecule is CC(=O)O[C@@H](CC(=O)OP)C(C)=O. The van der Waals surface area contributed by atoms with Crippen molar-refractivity contribution in [1.82, 2.24) is 0 Å². The normalized spacial score (nSPS) is 11.6. The summed E-state index contributed by atoms with van der Waals surface area (Å²) in [6.07, 6.45) is -1.29. The molecular weight excluding hydrogens is 195 g/mol. The Labute approximate surface area is 78.1 Å². The second-order valence-corrected chi connectivity index (χ2v) is 2.64. The van der Waals surface area contributed by atoms with Gasteiger partial charge in [0.15, 0.2) is 11.9 Å². The van der Waals surface area contributed by atoms with E-state index in [2.05, 4.69) is 9.26 Å². The smallest absolute Gasteiger partial charge is 0.312 e. The molecule has 0 heterocycles. The molecule has 0 saturated heterocycles. The molecule has 0 amide bonds. The average molecular weight is 206 g/mol. The maximum atomic E-state index is 10.8. The second-order valence-electron chi connectivity index (χ2n) is 2.40. The van der Waals surface area contributed by atoms with Crippen LogP contribution >= 0.6 is 9.47 Å². The first-order valence-electron chi connectivity index (χ1n) is 3.54. The van der Waals surface area contributed by atoms with E-state index >= 15 is 0 Å². The molecule has 0 aliphatic carbocycles. The van der Waals surface area contributed by atoms with Gasteiger partial charge in [0.2, 0.25) is 0 Å². The van der Waals surface area contributed by atoms with Crippen LogP contribution < -0.4 is 0 Å². The maximum absolute atomic E-state index is 10.8. The molecule has 0 radical (unpaired) electrons. The Bertz CT molecular complexity index is 225. The van der Waals surface area contributed by atoms with Crippen molar-refractivity contribution in [3.8, 4) is 0 Å². The quantitative estimate of drug-likeness (QED) is 0.486. The summed E-state index contributed by atoms with van der Waals surface area (Å²) in [7, 11) is 1.76. The van der Waals surface area contributed by atoms with Crippen LogP contribution in [0, 0.1) is 0 Å². The summed E-state index contributed by atoms with van der Waals surface area (Å²) in [6, 6.07) is 0. The molecule has 13 heavy (non-hydrogen) atoms. The van der Waals surface area contributed by atoms with E-state index < -0.39 is 18.0 Å². The van der Waals surface area contributed by atoms with Crippen LogP contribution in [0.5, 0.6) is 0 Å². The Morgan fingerprint density at radius 1 is 1.31 bits per heavy atom. The van der Waals surface area contributed by atoms with Crippen molar-refractivity contribution in [1.29, 1.82) is 0 Å². The Kier molecular flexibility index (Phi) is 5.23. The van der Waals surface area contributed by atoms with Crippen LogP contribution in [0.25, 0.3) is 0 Å². The summed E-state index contributed by atoms with van der Waals surface area (Å²) in [4.78, 5) is 32.1. The highest BCUT2D eigenvalue weighted by Crippen LogP contribution is 2.04. The van der Waals surface area contributed by atoms with Crippen molar-refractivity contribution in [3.63, 3.8) is 0 Å². The molecule has 0 spiro atoms. The molecule has 0 aliphatic rings. The first kappa shape index (κ1) is 12.0. The minimum absolute atomic E-state index is 0.252. The number of ether oxygens (including phenoxy) is 1. The van der Waals surface area contributed by atoms with Crippen molar-refractivity contribution in [2.75, 3.05) is 0 Å². The molecule has 0 aromatic rings. The lowest BCUT2D eigenvalue weighted by Crippen LogP contribution is -2.27. The fraction of sp³-hybridized carbons (Fsp3) is 0.571. The van der Waals surface area contributed by atoms with Crippen molar-refractivity contribution >= 4 is 27.2 Å². The molecule has 2 atom stereocenters. The minimum Gasteiger partial charge on any atom is -0.454 e. The number of carbonyl (C=O) groups is 3. The standard InChI is InChI=1S/C7H11O5P/c1-4(8)6(11-5(2)9)3-7(10)12-13/h6H,3,13H2,1-2H3/t6-/m0/s1. The van der Waals surface area contributed by atoms with Crippen LogP contribution in [0.4, 0.5) is 0 Å². The van der Waals surface area contributed by atoms with Gasteiger partial charge in [-0.3, -0.25) is 14.4 Å². The molecule has 0 saturated carbocycles. The van der Waals surface area contributed by atoms with E-state index in [0.29, 0.717) is 0 Å². The van der Waals surface area contributed by atoms with Gasteiger partial charge in [0, 0.05) is 6.92 Å². The predicted octanol–water partition coefficient (Wildman–Crippen LogP) is 0.230. The Hall–Kier alpha value is -0.960. The van der Waals surface area contributed by atoms with Crippen LogP contribution in [0.3, 0.4) is 0 Å². The van der Waals surface area contributed by atoms with Crippen LogP contribution in [-0.2, 0) is 23.6 Å². The van der Waals surface area contributed by atoms with Gasteiger partial charge in [0.25, 0.3) is 0 Å². The summed E-state index contributed by atoms with van der Waals surface area (Å²) < 4.78 is 8.83. The summed E-state index contributed by atoms with van der Waals surface area (Å²) in [6.45, 7) is 2.41. The maximum Gasteiger partial charge on any atom is 0.312 e.